The summed E-state index contributed by atoms with van der Waals surface area (Å²) in [4.78, 5) is 2.21. The Hall–Kier alpha value is -1.06. The van der Waals surface area contributed by atoms with Gasteiger partial charge in [-0.3, -0.25) is 0 Å². The molecule has 1 aromatic rings. The smallest absolute Gasteiger partial charge is 0.119 e. The van der Waals surface area contributed by atoms with Crippen LogP contribution < -0.4 is 10.1 Å². The first-order chi connectivity index (χ1) is 8.29. The third-order valence-electron chi connectivity index (χ3n) is 2.47. The van der Waals surface area contributed by atoms with Gasteiger partial charge in [-0.25, -0.2) is 0 Å². The van der Waals surface area contributed by atoms with Gasteiger partial charge in [0, 0.05) is 0 Å². The minimum atomic E-state index is 0.782. The molecule has 0 unspecified atom stereocenters. The summed E-state index contributed by atoms with van der Waals surface area (Å²) in [5.74, 6) is 0.958. The zero-order valence-electron chi connectivity index (χ0n) is 11.0. The van der Waals surface area contributed by atoms with Gasteiger partial charge >= 0.3 is 0 Å². The fourth-order valence-corrected chi connectivity index (χ4v) is 1.55. The Morgan fingerprint density at radius 2 is 1.76 bits per heavy atom. The van der Waals surface area contributed by atoms with Crippen molar-refractivity contribution in [2.75, 3.05) is 40.3 Å². The number of benzene rings is 1. The van der Waals surface area contributed by atoms with Crippen LogP contribution in [0.1, 0.15) is 12.8 Å². The molecular formula is C14H24N2O. The lowest BCUT2D eigenvalue weighted by Gasteiger charge is -2.10. The molecule has 0 spiro atoms. The van der Waals surface area contributed by atoms with E-state index in [1.165, 1.54) is 6.42 Å². The fourth-order valence-electron chi connectivity index (χ4n) is 1.55. The van der Waals surface area contributed by atoms with Crippen LogP contribution in [0, 0.1) is 0 Å². The van der Waals surface area contributed by atoms with Gasteiger partial charge in [-0.2, -0.15) is 0 Å². The maximum atomic E-state index is 5.60. The van der Waals surface area contributed by atoms with Crippen molar-refractivity contribution in [2.45, 2.75) is 12.8 Å². The first kappa shape index (κ1) is 14.0. The molecule has 0 saturated heterocycles. The second-order valence-electron chi connectivity index (χ2n) is 4.42. The van der Waals surface area contributed by atoms with Gasteiger partial charge in [-0.1, -0.05) is 18.2 Å². The highest BCUT2D eigenvalue weighted by molar-refractivity contribution is 5.20. The van der Waals surface area contributed by atoms with Crippen molar-refractivity contribution >= 4 is 0 Å². The Bertz CT molecular complexity index is 275. The van der Waals surface area contributed by atoms with E-state index in [1.54, 1.807) is 0 Å². The molecular weight excluding hydrogens is 212 g/mol. The van der Waals surface area contributed by atoms with E-state index in [-0.39, 0.29) is 0 Å². The molecule has 96 valence electrons. The normalized spacial score (nSPS) is 10.8. The first-order valence-corrected chi connectivity index (χ1v) is 6.32. The average Bonchev–Trinajstić information content (AvgIpc) is 2.33. The minimum Gasteiger partial charge on any atom is -0.494 e. The Morgan fingerprint density at radius 1 is 1.06 bits per heavy atom. The van der Waals surface area contributed by atoms with Gasteiger partial charge in [-0.05, 0) is 58.7 Å². The third kappa shape index (κ3) is 7.77. The second-order valence-corrected chi connectivity index (χ2v) is 4.42. The van der Waals surface area contributed by atoms with Crippen LogP contribution in [0.4, 0.5) is 0 Å². The van der Waals surface area contributed by atoms with Crippen LogP contribution in [-0.4, -0.2) is 45.2 Å². The van der Waals surface area contributed by atoms with Gasteiger partial charge in [0.05, 0.1) is 6.61 Å². The lowest BCUT2D eigenvalue weighted by atomic mass is 10.3. The summed E-state index contributed by atoms with van der Waals surface area (Å²) in [6, 6.07) is 9.97. The lowest BCUT2D eigenvalue weighted by Crippen LogP contribution is -2.23. The Morgan fingerprint density at radius 3 is 2.47 bits per heavy atom. The summed E-state index contributed by atoms with van der Waals surface area (Å²) < 4.78 is 5.60. The Balaban J connectivity index is 1.88. The van der Waals surface area contributed by atoms with Gasteiger partial charge in [-0.15, -0.1) is 0 Å². The number of ether oxygens (including phenoxy) is 1. The maximum absolute atomic E-state index is 5.60. The predicted molar refractivity (Wildman–Crippen MR) is 72.6 cm³/mol. The number of nitrogens with zero attached hydrogens (tertiary/aromatic N) is 1. The lowest BCUT2D eigenvalue weighted by molar-refractivity contribution is 0.307. The number of nitrogens with one attached hydrogen (secondary N) is 1. The molecule has 3 heteroatoms. The molecule has 17 heavy (non-hydrogen) atoms. The largest absolute Gasteiger partial charge is 0.494 e. The topological polar surface area (TPSA) is 24.5 Å². The van der Waals surface area contributed by atoms with Crippen molar-refractivity contribution < 1.29 is 4.74 Å². The van der Waals surface area contributed by atoms with Gasteiger partial charge in [0.15, 0.2) is 0 Å². The molecule has 0 aliphatic heterocycles. The van der Waals surface area contributed by atoms with E-state index in [0.717, 1.165) is 38.4 Å². The zero-order valence-corrected chi connectivity index (χ0v) is 11.0. The Labute approximate surface area is 105 Å². The molecule has 0 aromatic heterocycles. The van der Waals surface area contributed by atoms with Crippen molar-refractivity contribution in [3.63, 3.8) is 0 Å². The van der Waals surface area contributed by atoms with Crippen molar-refractivity contribution in [3.05, 3.63) is 30.3 Å². The molecule has 0 aliphatic rings. The average molecular weight is 236 g/mol. The van der Waals surface area contributed by atoms with E-state index < -0.39 is 0 Å². The summed E-state index contributed by atoms with van der Waals surface area (Å²) in [5, 5.41) is 3.42. The Kier molecular flexibility index (Phi) is 7.43. The molecule has 1 aromatic carbocycles. The summed E-state index contributed by atoms with van der Waals surface area (Å²) in [6.45, 7) is 4.04. The highest BCUT2D eigenvalue weighted by atomic mass is 16.5. The molecule has 0 aliphatic carbocycles. The van der Waals surface area contributed by atoms with Crippen LogP contribution >= 0.6 is 0 Å². The van der Waals surface area contributed by atoms with Gasteiger partial charge < -0.3 is 15.0 Å². The van der Waals surface area contributed by atoms with Crippen molar-refractivity contribution in [2.24, 2.45) is 0 Å². The van der Waals surface area contributed by atoms with Crippen LogP contribution in [0.15, 0.2) is 30.3 Å². The van der Waals surface area contributed by atoms with Gasteiger partial charge in [0.1, 0.15) is 5.75 Å². The highest BCUT2D eigenvalue weighted by Crippen LogP contribution is 2.07. The van der Waals surface area contributed by atoms with E-state index in [0.29, 0.717) is 0 Å². The van der Waals surface area contributed by atoms with E-state index in [4.69, 9.17) is 4.74 Å². The maximum Gasteiger partial charge on any atom is 0.119 e. The first-order valence-electron chi connectivity index (χ1n) is 6.32. The molecule has 0 amide bonds. The molecule has 0 heterocycles. The van der Waals surface area contributed by atoms with E-state index in [2.05, 4.69) is 24.3 Å². The quantitative estimate of drug-likeness (QED) is 0.664. The molecule has 0 radical (unpaired) electrons. The highest BCUT2D eigenvalue weighted by Gasteiger charge is 1.93. The predicted octanol–water partition coefficient (Wildman–Crippen LogP) is 2.00. The van der Waals surface area contributed by atoms with Crippen LogP contribution in [0.3, 0.4) is 0 Å². The number of rotatable bonds is 9. The van der Waals surface area contributed by atoms with Crippen LogP contribution in [-0.2, 0) is 0 Å². The van der Waals surface area contributed by atoms with Crippen LogP contribution in [0.5, 0.6) is 5.75 Å². The molecule has 0 fully saturated rings. The minimum absolute atomic E-state index is 0.782. The van der Waals surface area contributed by atoms with Crippen LogP contribution in [0.25, 0.3) is 0 Å². The summed E-state index contributed by atoms with van der Waals surface area (Å²) >= 11 is 0. The summed E-state index contributed by atoms with van der Waals surface area (Å²) in [7, 11) is 4.21. The summed E-state index contributed by atoms with van der Waals surface area (Å²) in [6.07, 6.45) is 2.25. The standard InChI is InChI=1S/C14H24N2O/c1-16(2)12-6-10-15-11-7-13-17-14-8-4-3-5-9-14/h3-5,8-9,15H,6-7,10-13H2,1-2H3. The molecule has 0 saturated carbocycles. The molecule has 1 N–H and O–H groups in total. The molecule has 1 rings (SSSR count). The second kappa shape index (κ2) is 9.02. The van der Waals surface area contributed by atoms with Gasteiger partial charge in [0.25, 0.3) is 0 Å². The van der Waals surface area contributed by atoms with E-state index in [1.807, 2.05) is 30.3 Å². The van der Waals surface area contributed by atoms with Crippen molar-refractivity contribution in [1.29, 1.82) is 0 Å². The van der Waals surface area contributed by atoms with E-state index in [9.17, 15) is 0 Å². The van der Waals surface area contributed by atoms with Crippen molar-refractivity contribution in [1.82, 2.24) is 10.2 Å². The monoisotopic (exact) mass is 236 g/mol. The van der Waals surface area contributed by atoms with Gasteiger partial charge in [0.2, 0.25) is 0 Å². The fraction of sp³-hybridized carbons (Fsp3) is 0.571. The number of hydrogen-bond acceptors (Lipinski definition) is 3. The molecule has 0 atom stereocenters. The third-order valence-corrected chi connectivity index (χ3v) is 2.47. The van der Waals surface area contributed by atoms with Crippen LogP contribution in [0.2, 0.25) is 0 Å². The van der Waals surface area contributed by atoms with E-state index >= 15 is 0 Å². The zero-order chi connectivity index (χ0) is 12.3. The molecule has 3 nitrogen and oxygen atoms in total. The number of para-hydroxylation sites is 1. The molecule has 0 bridgehead atoms. The summed E-state index contributed by atoms with van der Waals surface area (Å²) in [5.41, 5.74) is 0. The van der Waals surface area contributed by atoms with Crippen molar-refractivity contribution in [3.8, 4) is 5.75 Å². The number of hydrogen-bond donors (Lipinski definition) is 1. The SMILES string of the molecule is CN(C)CCCNCCCOc1ccccc1.